The molecule has 3 heteroatoms. The summed E-state index contributed by atoms with van der Waals surface area (Å²) in [7, 11) is 0. The number of nitrogens with zero attached hydrogens (tertiary/aromatic N) is 2. The van der Waals surface area contributed by atoms with Crippen LogP contribution in [0.25, 0.3) is 0 Å². The number of aromatic nitrogens is 2. The first-order valence-corrected chi connectivity index (χ1v) is 5.93. The molecule has 0 aromatic carbocycles. The van der Waals surface area contributed by atoms with Crippen LogP contribution in [0.5, 0.6) is 11.6 Å². The summed E-state index contributed by atoms with van der Waals surface area (Å²) in [4.78, 5) is 8.27. The Bertz CT molecular complexity index is 466. The first-order chi connectivity index (χ1) is 8.36. The van der Waals surface area contributed by atoms with E-state index in [4.69, 9.17) is 4.74 Å². The average Bonchev–Trinajstić information content (AvgIpc) is 2.41. The number of rotatable bonds is 0. The van der Waals surface area contributed by atoms with E-state index in [9.17, 15) is 0 Å². The molecule has 0 N–H and O–H groups in total. The van der Waals surface area contributed by atoms with Gasteiger partial charge in [0.2, 0.25) is 5.88 Å². The Labute approximate surface area is 102 Å². The largest absolute Gasteiger partial charge is 0.437 e. The van der Waals surface area contributed by atoms with Gasteiger partial charge in [0, 0.05) is 29.4 Å². The predicted octanol–water partition coefficient (Wildman–Crippen LogP) is 3.76. The van der Waals surface area contributed by atoms with E-state index in [1.165, 1.54) is 5.56 Å². The molecule has 0 saturated heterocycles. The summed E-state index contributed by atoms with van der Waals surface area (Å²) in [5.41, 5.74) is 2.31. The molecule has 3 nitrogen and oxygen atoms in total. The number of hydrogen-bond acceptors (Lipinski definition) is 3. The second kappa shape index (κ2) is 4.95. The Morgan fingerprint density at radius 2 is 1.94 bits per heavy atom. The summed E-state index contributed by atoms with van der Waals surface area (Å²) in [6, 6.07) is 5.98. The van der Waals surface area contributed by atoms with Crippen LogP contribution in [0.1, 0.15) is 37.8 Å². The van der Waals surface area contributed by atoms with Crippen LogP contribution in [0.3, 0.4) is 0 Å². The van der Waals surface area contributed by atoms with Crippen LogP contribution < -0.4 is 4.74 Å². The molecule has 1 unspecified atom stereocenters. The van der Waals surface area contributed by atoms with Crippen LogP contribution in [0, 0.1) is 0 Å². The topological polar surface area (TPSA) is 35.0 Å². The van der Waals surface area contributed by atoms with Gasteiger partial charge in [-0.25, -0.2) is 4.98 Å². The molecule has 0 aliphatic carbocycles. The van der Waals surface area contributed by atoms with Crippen LogP contribution >= 0.6 is 0 Å². The zero-order chi connectivity index (χ0) is 12.3. The SMILES string of the molecule is CC.CC1c2ccncc2Oc2ncccc21. The van der Waals surface area contributed by atoms with Gasteiger partial charge in [0.05, 0.1) is 6.20 Å². The van der Waals surface area contributed by atoms with E-state index in [0.717, 1.165) is 11.3 Å². The molecule has 0 spiro atoms. The highest BCUT2D eigenvalue weighted by Gasteiger charge is 2.24. The van der Waals surface area contributed by atoms with Crippen molar-refractivity contribution < 1.29 is 4.74 Å². The third-order valence-corrected chi connectivity index (χ3v) is 2.76. The number of pyridine rings is 2. The average molecular weight is 228 g/mol. The minimum atomic E-state index is 0.320. The monoisotopic (exact) mass is 228 g/mol. The summed E-state index contributed by atoms with van der Waals surface area (Å²) < 4.78 is 5.67. The fourth-order valence-corrected chi connectivity index (χ4v) is 1.92. The highest BCUT2D eigenvalue weighted by atomic mass is 16.5. The summed E-state index contributed by atoms with van der Waals surface area (Å²) in [6.45, 7) is 6.15. The number of ether oxygens (including phenoxy) is 1. The summed E-state index contributed by atoms with van der Waals surface area (Å²) in [5, 5.41) is 0. The van der Waals surface area contributed by atoms with Gasteiger partial charge in [-0.2, -0.15) is 0 Å². The van der Waals surface area contributed by atoms with Crippen molar-refractivity contribution in [2.45, 2.75) is 26.7 Å². The van der Waals surface area contributed by atoms with E-state index in [-0.39, 0.29) is 0 Å². The van der Waals surface area contributed by atoms with Crippen molar-refractivity contribution in [1.29, 1.82) is 0 Å². The van der Waals surface area contributed by atoms with Crippen LogP contribution in [0.15, 0.2) is 36.8 Å². The summed E-state index contributed by atoms with van der Waals surface area (Å²) in [5.74, 6) is 1.84. The van der Waals surface area contributed by atoms with Crippen LogP contribution in [-0.2, 0) is 0 Å². The fraction of sp³-hybridized carbons (Fsp3) is 0.286. The van der Waals surface area contributed by atoms with Crippen molar-refractivity contribution in [3.8, 4) is 11.6 Å². The fourth-order valence-electron chi connectivity index (χ4n) is 1.92. The second-order valence-electron chi connectivity index (χ2n) is 3.64. The molecule has 2 aromatic heterocycles. The van der Waals surface area contributed by atoms with Gasteiger partial charge >= 0.3 is 0 Å². The lowest BCUT2D eigenvalue weighted by Crippen LogP contribution is -2.08. The van der Waals surface area contributed by atoms with Gasteiger partial charge in [0.25, 0.3) is 0 Å². The molecule has 3 heterocycles. The van der Waals surface area contributed by atoms with Gasteiger partial charge in [0.1, 0.15) is 0 Å². The number of fused-ring (bicyclic) bond motifs is 2. The standard InChI is InChI=1S/C12H10N2O.C2H6/c1-8-9-4-6-13-7-11(9)15-12-10(8)3-2-5-14-12;1-2/h2-8H,1H3;1-2H3. The van der Waals surface area contributed by atoms with Crippen molar-refractivity contribution >= 4 is 0 Å². The van der Waals surface area contributed by atoms with E-state index in [2.05, 4.69) is 23.0 Å². The van der Waals surface area contributed by atoms with Gasteiger partial charge in [-0.05, 0) is 12.1 Å². The summed E-state index contributed by atoms with van der Waals surface area (Å²) >= 11 is 0. The highest BCUT2D eigenvalue weighted by molar-refractivity contribution is 5.48. The normalized spacial score (nSPS) is 15.8. The van der Waals surface area contributed by atoms with Gasteiger partial charge in [0.15, 0.2) is 5.75 Å². The minimum Gasteiger partial charge on any atom is -0.437 e. The minimum absolute atomic E-state index is 0.320. The maximum atomic E-state index is 5.67. The third-order valence-electron chi connectivity index (χ3n) is 2.76. The van der Waals surface area contributed by atoms with Crippen molar-refractivity contribution in [2.75, 3.05) is 0 Å². The molecule has 88 valence electrons. The lowest BCUT2D eigenvalue weighted by Gasteiger charge is -2.23. The highest BCUT2D eigenvalue weighted by Crippen LogP contribution is 2.41. The molecule has 0 bridgehead atoms. The molecular weight excluding hydrogens is 212 g/mol. The van der Waals surface area contributed by atoms with E-state index < -0.39 is 0 Å². The predicted molar refractivity (Wildman–Crippen MR) is 67.4 cm³/mol. The zero-order valence-electron chi connectivity index (χ0n) is 10.3. The van der Waals surface area contributed by atoms with Gasteiger partial charge < -0.3 is 4.74 Å². The Morgan fingerprint density at radius 1 is 1.12 bits per heavy atom. The van der Waals surface area contributed by atoms with Gasteiger partial charge in [-0.3, -0.25) is 4.98 Å². The van der Waals surface area contributed by atoms with Gasteiger partial charge in [-0.15, -0.1) is 0 Å². The smallest absolute Gasteiger partial charge is 0.223 e. The molecule has 17 heavy (non-hydrogen) atoms. The van der Waals surface area contributed by atoms with Crippen LogP contribution in [0.4, 0.5) is 0 Å². The number of hydrogen-bond donors (Lipinski definition) is 0. The molecule has 0 fully saturated rings. The molecule has 0 radical (unpaired) electrons. The molecule has 0 amide bonds. The Kier molecular flexibility index (Phi) is 3.38. The van der Waals surface area contributed by atoms with Crippen molar-refractivity contribution in [2.24, 2.45) is 0 Å². The van der Waals surface area contributed by atoms with Crippen molar-refractivity contribution in [1.82, 2.24) is 9.97 Å². The molecule has 1 atom stereocenters. The molecule has 3 rings (SSSR count). The first-order valence-electron chi connectivity index (χ1n) is 5.93. The zero-order valence-corrected chi connectivity index (χ0v) is 10.3. The maximum absolute atomic E-state index is 5.67. The Hall–Kier alpha value is -1.90. The molecule has 0 saturated carbocycles. The van der Waals surface area contributed by atoms with Gasteiger partial charge in [-0.1, -0.05) is 26.8 Å². The molecule has 1 aliphatic rings. The first kappa shape index (κ1) is 11.6. The van der Waals surface area contributed by atoms with E-state index in [0.29, 0.717) is 11.8 Å². The van der Waals surface area contributed by atoms with Crippen molar-refractivity contribution in [3.05, 3.63) is 47.9 Å². The third kappa shape index (κ3) is 2.00. The quantitative estimate of drug-likeness (QED) is 0.688. The van der Waals surface area contributed by atoms with Crippen LogP contribution in [0.2, 0.25) is 0 Å². The molecular formula is C14H16N2O. The Morgan fingerprint density at radius 3 is 2.76 bits per heavy atom. The summed E-state index contributed by atoms with van der Waals surface area (Å²) in [6.07, 6.45) is 5.27. The Balaban J connectivity index is 0.000000514. The second-order valence-corrected chi connectivity index (χ2v) is 3.64. The van der Waals surface area contributed by atoms with Crippen molar-refractivity contribution in [3.63, 3.8) is 0 Å². The van der Waals surface area contributed by atoms with Crippen LogP contribution in [-0.4, -0.2) is 9.97 Å². The van der Waals surface area contributed by atoms with E-state index >= 15 is 0 Å². The van der Waals surface area contributed by atoms with E-state index in [1.54, 1.807) is 18.6 Å². The maximum Gasteiger partial charge on any atom is 0.223 e. The molecule has 1 aliphatic heterocycles. The lowest BCUT2D eigenvalue weighted by atomic mass is 9.92. The van der Waals surface area contributed by atoms with E-state index in [1.807, 2.05) is 26.0 Å². The lowest BCUT2D eigenvalue weighted by molar-refractivity contribution is 0.428. The molecule has 2 aromatic rings.